The second-order valence-corrected chi connectivity index (χ2v) is 5.00. The summed E-state index contributed by atoms with van der Waals surface area (Å²) in [6.45, 7) is 0. The van der Waals surface area contributed by atoms with E-state index in [1.165, 1.54) is 0 Å². The van der Waals surface area contributed by atoms with Crippen molar-refractivity contribution in [2.45, 2.75) is 0 Å². The van der Waals surface area contributed by atoms with Crippen LogP contribution in [0.5, 0.6) is 5.75 Å². The fraction of sp³-hybridized carbons (Fsp3) is 0.111. The van der Waals surface area contributed by atoms with Gasteiger partial charge in [0.1, 0.15) is 10.1 Å². The van der Waals surface area contributed by atoms with Crippen molar-refractivity contribution in [3.05, 3.63) is 27.0 Å². The van der Waals surface area contributed by atoms with Gasteiger partial charge in [0.25, 0.3) is 0 Å². The van der Waals surface area contributed by atoms with E-state index in [4.69, 9.17) is 16.3 Å². The number of thiophene rings is 1. The van der Waals surface area contributed by atoms with Gasteiger partial charge in [-0.15, -0.1) is 11.3 Å². The minimum atomic E-state index is 0.781. The molecule has 2 aromatic rings. The third-order valence-corrected chi connectivity index (χ3v) is 4.49. The van der Waals surface area contributed by atoms with Gasteiger partial charge in [0.05, 0.1) is 11.6 Å². The number of rotatable bonds is 1. The number of hydrogen-bond donors (Lipinski definition) is 0. The van der Waals surface area contributed by atoms with Crippen molar-refractivity contribution in [3.63, 3.8) is 0 Å². The van der Waals surface area contributed by atoms with Crippen LogP contribution < -0.4 is 4.74 Å². The van der Waals surface area contributed by atoms with Crippen LogP contribution in [0.1, 0.15) is 0 Å². The molecule has 0 aliphatic rings. The van der Waals surface area contributed by atoms with Crippen molar-refractivity contribution in [1.29, 1.82) is 0 Å². The Balaban J connectivity index is 2.75. The van der Waals surface area contributed by atoms with E-state index < -0.39 is 0 Å². The molecule has 1 nitrogen and oxygen atoms in total. The van der Waals surface area contributed by atoms with Crippen molar-refractivity contribution in [1.82, 2.24) is 0 Å². The van der Waals surface area contributed by atoms with Crippen molar-refractivity contribution < 1.29 is 4.74 Å². The summed E-state index contributed by atoms with van der Waals surface area (Å²) in [7, 11) is 1.66. The average molecular weight is 278 g/mol. The Hall–Kier alpha value is -0.250. The van der Waals surface area contributed by atoms with Crippen LogP contribution in [-0.2, 0) is 0 Å². The van der Waals surface area contributed by atoms with Gasteiger partial charge in [-0.3, -0.25) is 0 Å². The first-order valence-electron chi connectivity index (χ1n) is 3.64. The highest BCUT2D eigenvalue weighted by Crippen LogP contribution is 2.40. The number of fused-ring (bicyclic) bond motifs is 1. The van der Waals surface area contributed by atoms with Crippen LogP contribution in [0.2, 0.25) is 4.34 Å². The van der Waals surface area contributed by atoms with Gasteiger partial charge in [-0.05, 0) is 34.1 Å². The Bertz CT molecular complexity index is 452. The van der Waals surface area contributed by atoms with Gasteiger partial charge in [-0.25, -0.2) is 0 Å². The van der Waals surface area contributed by atoms with E-state index in [0.29, 0.717) is 0 Å². The molecule has 0 amide bonds. The monoisotopic (exact) mass is 276 g/mol. The molecule has 0 aliphatic heterocycles. The highest BCUT2D eigenvalue weighted by Gasteiger charge is 2.08. The summed E-state index contributed by atoms with van der Waals surface area (Å²) >= 11 is 11.0. The molecule has 1 aromatic carbocycles. The quantitative estimate of drug-likeness (QED) is 0.754. The molecule has 0 saturated heterocycles. The van der Waals surface area contributed by atoms with Gasteiger partial charge >= 0.3 is 0 Å². The molecule has 0 saturated carbocycles. The standard InChI is InChI=1S/C9H6BrClOS/c1-12-5-2-3-7-6(4-5)8(10)9(11)13-7/h2-4H,1H3. The zero-order chi connectivity index (χ0) is 9.42. The number of halogens is 2. The predicted octanol–water partition coefficient (Wildman–Crippen LogP) is 4.33. The molecule has 0 unspecified atom stereocenters. The third-order valence-electron chi connectivity index (χ3n) is 1.80. The summed E-state index contributed by atoms with van der Waals surface area (Å²) < 4.78 is 8.02. The Labute approximate surface area is 93.4 Å². The van der Waals surface area contributed by atoms with Gasteiger partial charge in [-0.1, -0.05) is 11.6 Å². The maximum absolute atomic E-state index is 5.98. The van der Waals surface area contributed by atoms with E-state index in [-0.39, 0.29) is 0 Å². The van der Waals surface area contributed by atoms with Gasteiger partial charge in [-0.2, -0.15) is 0 Å². The first kappa shape index (κ1) is 9.31. The minimum absolute atomic E-state index is 0.781. The first-order valence-corrected chi connectivity index (χ1v) is 5.62. The number of methoxy groups -OCH3 is 1. The molecule has 0 atom stereocenters. The molecule has 2 rings (SSSR count). The van der Waals surface area contributed by atoms with Crippen molar-refractivity contribution in [2.75, 3.05) is 7.11 Å². The number of benzene rings is 1. The Morgan fingerprint density at radius 1 is 1.46 bits per heavy atom. The Kier molecular flexibility index (Phi) is 2.49. The second-order valence-electron chi connectivity index (χ2n) is 2.55. The SMILES string of the molecule is COc1ccc2sc(Cl)c(Br)c2c1. The lowest BCUT2D eigenvalue weighted by molar-refractivity contribution is 0.415. The van der Waals surface area contributed by atoms with Crippen molar-refractivity contribution >= 4 is 49.0 Å². The first-order chi connectivity index (χ1) is 6.22. The smallest absolute Gasteiger partial charge is 0.119 e. The van der Waals surface area contributed by atoms with Gasteiger partial charge in [0, 0.05) is 10.1 Å². The second kappa shape index (κ2) is 3.48. The molecule has 0 spiro atoms. The van der Waals surface area contributed by atoms with Crippen LogP contribution in [0.4, 0.5) is 0 Å². The largest absolute Gasteiger partial charge is 0.497 e. The van der Waals surface area contributed by atoms with Crippen LogP contribution in [0.15, 0.2) is 22.7 Å². The summed E-state index contributed by atoms with van der Waals surface area (Å²) in [6, 6.07) is 5.92. The Morgan fingerprint density at radius 3 is 2.92 bits per heavy atom. The molecule has 68 valence electrons. The zero-order valence-corrected chi connectivity index (χ0v) is 9.96. The van der Waals surface area contributed by atoms with Crippen LogP contribution in [-0.4, -0.2) is 7.11 Å². The fourth-order valence-corrected chi connectivity index (χ4v) is 3.00. The van der Waals surface area contributed by atoms with E-state index in [2.05, 4.69) is 15.9 Å². The summed E-state index contributed by atoms with van der Waals surface area (Å²) in [4.78, 5) is 0. The summed E-state index contributed by atoms with van der Waals surface area (Å²) in [6.07, 6.45) is 0. The van der Waals surface area contributed by atoms with E-state index in [1.807, 2.05) is 18.2 Å². The molecule has 1 heterocycles. The van der Waals surface area contributed by atoms with E-state index in [1.54, 1.807) is 18.4 Å². The lowest BCUT2D eigenvalue weighted by Crippen LogP contribution is -1.80. The topological polar surface area (TPSA) is 9.23 Å². The molecule has 0 N–H and O–H groups in total. The molecule has 0 aliphatic carbocycles. The van der Waals surface area contributed by atoms with E-state index >= 15 is 0 Å². The van der Waals surface area contributed by atoms with Crippen LogP contribution in [0, 0.1) is 0 Å². The third kappa shape index (κ3) is 1.56. The molecule has 0 bridgehead atoms. The van der Waals surface area contributed by atoms with Crippen LogP contribution >= 0.6 is 38.9 Å². The van der Waals surface area contributed by atoms with E-state index in [0.717, 1.165) is 24.6 Å². The normalized spacial score (nSPS) is 10.7. The van der Waals surface area contributed by atoms with Gasteiger partial charge < -0.3 is 4.74 Å². The molecule has 4 heteroatoms. The summed E-state index contributed by atoms with van der Waals surface area (Å²) in [5, 5.41) is 1.11. The highest BCUT2D eigenvalue weighted by atomic mass is 79.9. The maximum atomic E-state index is 5.98. The lowest BCUT2D eigenvalue weighted by Gasteiger charge is -1.98. The van der Waals surface area contributed by atoms with Crippen molar-refractivity contribution in [2.24, 2.45) is 0 Å². The highest BCUT2D eigenvalue weighted by molar-refractivity contribution is 9.10. The van der Waals surface area contributed by atoms with Gasteiger partial charge in [0.15, 0.2) is 0 Å². The molecule has 1 aromatic heterocycles. The van der Waals surface area contributed by atoms with E-state index in [9.17, 15) is 0 Å². The molecule has 13 heavy (non-hydrogen) atoms. The van der Waals surface area contributed by atoms with Gasteiger partial charge in [0.2, 0.25) is 0 Å². The molecule has 0 fully saturated rings. The average Bonchev–Trinajstić information content (AvgIpc) is 2.43. The van der Waals surface area contributed by atoms with Crippen LogP contribution in [0.3, 0.4) is 0 Å². The maximum Gasteiger partial charge on any atom is 0.119 e. The van der Waals surface area contributed by atoms with Crippen molar-refractivity contribution in [3.8, 4) is 5.75 Å². The fourth-order valence-electron chi connectivity index (χ4n) is 1.14. The van der Waals surface area contributed by atoms with Crippen LogP contribution in [0.25, 0.3) is 10.1 Å². The zero-order valence-electron chi connectivity index (χ0n) is 6.80. The Morgan fingerprint density at radius 2 is 2.23 bits per heavy atom. The summed E-state index contributed by atoms with van der Waals surface area (Å²) in [5.41, 5.74) is 0. The molecule has 0 radical (unpaired) electrons. The number of hydrogen-bond acceptors (Lipinski definition) is 2. The number of ether oxygens (including phenoxy) is 1. The molecular formula is C9H6BrClOS. The minimum Gasteiger partial charge on any atom is -0.497 e. The lowest BCUT2D eigenvalue weighted by atomic mass is 10.2. The summed E-state index contributed by atoms with van der Waals surface area (Å²) in [5.74, 6) is 0.850. The predicted molar refractivity (Wildman–Crippen MR) is 61.1 cm³/mol. The molecular weight excluding hydrogens is 272 g/mol.